The summed E-state index contributed by atoms with van der Waals surface area (Å²) in [4.78, 5) is 27.3. The van der Waals surface area contributed by atoms with E-state index in [1.807, 2.05) is 0 Å². The minimum Gasteiger partial charge on any atom is -0.348 e. The number of nitrogens with zero attached hydrogens (tertiary/aromatic N) is 2. The van der Waals surface area contributed by atoms with Crippen LogP contribution in [-0.2, 0) is 12.8 Å². The summed E-state index contributed by atoms with van der Waals surface area (Å²) in [5, 5.41) is 9.42. The highest BCUT2D eigenvalue weighted by molar-refractivity contribution is 5.92. The zero-order valence-electron chi connectivity index (χ0n) is 10.8. The summed E-state index contributed by atoms with van der Waals surface area (Å²) in [6.07, 6.45) is 3.78. The van der Waals surface area contributed by atoms with Gasteiger partial charge in [-0.1, -0.05) is 6.07 Å². The van der Waals surface area contributed by atoms with Gasteiger partial charge in [-0.2, -0.15) is 5.10 Å². The molecule has 1 unspecified atom stereocenters. The van der Waals surface area contributed by atoms with Crippen LogP contribution in [0.1, 0.15) is 28.2 Å². The van der Waals surface area contributed by atoms with Crippen LogP contribution in [0.25, 0.3) is 0 Å². The Labute approximate surface area is 115 Å². The summed E-state index contributed by atoms with van der Waals surface area (Å²) in [5.41, 5.74) is 2.02. The van der Waals surface area contributed by atoms with Gasteiger partial charge in [-0.25, -0.2) is 5.10 Å². The van der Waals surface area contributed by atoms with E-state index in [4.69, 9.17) is 0 Å². The number of aryl methyl sites for hydroxylation is 1. The summed E-state index contributed by atoms with van der Waals surface area (Å²) in [6, 6.07) is 6.80. The third kappa shape index (κ3) is 2.59. The minimum atomic E-state index is -0.208. The van der Waals surface area contributed by atoms with Crippen molar-refractivity contribution < 1.29 is 4.79 Å². The van der Waals surface area contributed by atoms with Crippen LogP contribution >= 0.6 is 0 Å². The number of carbonyl (C=O) groups excluding carboxylic acids is 1. The van der Waals surface area contributed by atoms with Crippen molar-refractivity contribution in [1.29, 1.82) is 0 Å². The predicted molar refractivity (Wildman–Crippen MR) is 72.4 cm³/mol. The monoisotopic (exact) mass is 270 g/mol. The molecule has 2 heterocycles. The number of hydrogen-bond donors (Lipinski definition) is 2. The van der Waals surface area contributed by atoms with Crippen molar-refractivity contribution in [3.05, 3.63) is 57.8 Å². The molecule has 0 radical (unpaired) electrons. The van der Waals surface area contributed by atoms with Crippen LogP contribution in [0.2, 0.25) is 0 Å². The van der Waals surface area contributed by atoms with E-state index in [2.05, 4.69) is 20.5 Å². The lowest BCUT2D eigenvalue weighted by atomic mass is 9.92. The Hall–Kier alpha value is -2.50. The van der Waals surface area contributed by atoms with E-state index in [1.165, 1.54) is 0 Å². The van der Waals surface area contributed by atoms with Gasteiger partial charge in [0.25, 0.3) is 11.5 Å². The number of amides is 1. The number of aromatic amines is 1. The topological polar surface area (TPSA) is 87.7 Å². The van der Waals surface area contributed by atoms with Crippen LogP contribution in [0, 0.1) is 0 Å². The molecule has 0 aromatic carbocycles. The fourth-order valence-corrected chi connectivity index (χ4v) is 2.42. The summed E-state index contributed by atoms with van der Waals surface area (Å²) in [6.45, 7) is 0. The molecule has 1 aliphatic rings. The van der Waals surface area contributed by atoms with Gasteiger partial charge in [0, 0.05) is 18.3 Å². The minimum absolute atomic E-state index is 0.0145. The van der Waals surface area contributed by atoms with E-state index in [-0.39, 0.29) is 17.5 Å². The first-order valence-electron chi connectivity index (χ1n) is 6.52. The molecular weight excluding hydrogens is 256 g/mol. The van der Waals surface area contributed by atoms with Crippen molar-refractivity contribution in [2.75, 3.05) is 0 Å². The van der Waals surface area contributed by atoms with Crippen molar-refractivity contribution in [2.45, 2.75) is 25.3 Å². The summed E-state index contributed by atoms with van der Waals surface area (Å²) in [7, 11) is 0. The van der Waals surface area contributed by atoms with Gasteiger partial charge in [0.2, 0.25) is 0 Å². The highest BCUT2D eigenvalue weighted by Gasteiger charge is 2.22. The molecule has 0 spiro atoms. The first-order chi connectivity index (χ1) is 9.72. The van der Waals surface area contributed by atoms with Gasteiger partial charge in [0.1, 0.15) is 5.69 Å². The lowest BCUT2D eigenvalue weighted by Gasteiger charge is -2.24. The summed E-state index contributed by atoms with van der Waals surface area (Å²) < 4.78 is 0. The molecule has 6 nitrogen and oxygen atoms in total. The molecule has 2 N–H and O–H groups in total. The van der Waals surface area contributed by atoms with Crippen molar-refractivity contribution >= 4 is 5.91 Å². The molecule has 1 amide bonds. The van der Waals surface area contributed by atoms with Gasteiger partial charge in [-0.05, 0) is 37.0 Å². The quantitative estimate of drug-likeness (QED) is 0.829. The Morgan fingerprint density at radius 1 is 1.40 bits per heavy atom. The van der Waals surface area contributed by atoms with E-state index in [0.717, 1.165) is 24.1 Å². The first kappa shape index (κ1) is 12.5. The Morgan fingerprint density at radius 3 is 3.10 bits per heavy atom. The predicted octanol–water partition coefficient (Wildman–Crippen LogP) is 0.452. The third-order valence-electron chi connectivity index (χ3n) is 3.41. The number of aromatic nitrogens is 3. The van der Waals surface area contributed by atoms with Crippen molar-refractivity contribution in [3.63, 3.8) is 0 Å². The maximum absolute atomic E-state index is 12.0. The lowest BCUT2D eigenvalue weighted by molar-refractivity contribution is 0.0928. The van der Waals surface area contributed by atoms with Crippen LogP contribution in [-0.4, -0.2) is 27.1 Å². The first-order valence-corrected chi connectivity index (χ1v) is 6.52. The molecule has 6 heteroatoms. The van der Waals surface area contributed by atoms with E-state index < -0.39 is 0 Å². The van der Waals surface area contributed by atoms with Gasteiger partial charge in [0.15, 0.2) is 0 Å². The van der Waals surface area contributed by atoms with E-state index in [1.54, 1.807) is 30.5 Å². The Morgan fingerprint density at radius 2 is 2.30 bits per heavy atom. The number of rotatable bonds is 2. The largest absolute Gasteiger partial charge is 0.348 e. The molecule has 1 atom stereocenters. The number of pyridine rings is 1. The van der Waals surface area contributed by atoms with Gasteiger partial charge in [-0.15, -0.1) is 0 Å². The Bertz CT molecular complexity index is 681. The maximum atomic E-state index is 12.0. The molecule has 2 aromatic rings. The third-order valence-corrected chi connectivity index (χ3v) is 3.41. The second kappa shape index (κ2) is 5.24. The highest BCUT2D eigenvalue weighted by Crippen LogP contribution is 2.17. The molecule has 102 valence electrons. The summed E-state index contributed by atoms with van der Waals surface area (Å²) >= 11 is 0. The van der Waals surface area contributed by atoms with E-state index >= 15 is 0 Å². The molecule has 3 rings (SSSR count). The SMILES string of the molecule is O=C(NC1CCc2n[nH]c(=O)cc2C1)c1ccccn1. The second-order valence-electron chi connectivity index (χ2n) is 4.83. The molecule has 0 aliphatic heterocycles. The van der Waals surface area contributed by atoms with Crippen molar-refractivity contribution in [3.8, 4) is 0 Å². The van der Waals surface area contributed by atoms with Crippen LogP contribution in [0.4, 0.5) is 0 Å². The van der Waals surface area contributed by atoms with Gasteiger partial charge in [0.05, 0.1) is 5.69 Å². The molecule has 0 saturated heterocycles. The molecule has 20 heavy (non-hydrogen) atoms. The van der Waals surface area contributed by atoms with Crippen LogP contribution in [0.3, 0.4) is 0 Å². The number of nitrogens with one attached hydrogen (secondary N) is 2. The van der Waals surface area contributed by atoms with Gasteiger partial charge in [-0.3, -0.25) is 14.6 Å². The zero-order valence-corrected chi connectivity index (χ0v) is 10.8. The fourth-order valence-electron chi connectivity index (χ4n) is 2.42. The van der Waals surface area contributed by atoms with Crippen LogP contribution in [0.5, 0.6) is 0 Å². The number of fused-ring (bicyclic) bond motifs is 1. The molecule has 1 aliphatic carbocycles. The van der Waals surface area contributed by atoms with E-state index in [9.17, 15) is 9.59 Å². The molecule has 2 aromatic heterocycles. The van der Waals surface area contributed by atoms with Crippen LogP contribution < -0.4 is 10.9 Å². The van der Waals surface area contributed by atoms with Crippen molar-refractivity contribution in [1.82, 2.24) is 20.5 Å². The lowest BCUT2D eigenvalue weighted by Crippen LogP contribution is -2.39. The fraction of sp³-hybridized carbons (Fsp3) is 0.286. The normalized spacial score (nSPS) is 17.3. The number of hydrogen-bond acceptors (Lipinski definition) is 4. The van der Waals surface area contributed by atoms with E-state index in [0.29, 0.717) is 12.1 Å². The average Bonchev–Trinajstić information content (AvgIpc) is 2.47. The average molecular weight is 270 g/mol. The summed E-state index contributed by atoms with van der Waals surface area (Å²) in [5.74, 6) is -0.183. The number of H-pyrrole nitrogens is 1. The Kier molecular flexibility index (Phi) is 3.28. The smallest absolute Gasteiger partial charge is 0.270 e. The van der Waals surface area contributed by atoms with Gasteiger partial charge >= 0.3 is 0 Å². The number of carbonyl (C=O) groups is 1. The molecule has 0 bridgehead atoms. The van der Waals surface area contributed by atoms with Crippen LogP contribution in [0.15, 0.2) is 35.3 Å². The second-order valence-corrected chi connectivity index (χ2v) is 4.83. The standard InChI is InChI=1S/C14H14N4O2/c19-13-8-9-7-10(4-5-11(9)17-18-13)16-14(20)12-3-1-2-6-15-12/h1-3,6,8,10H,4-5,7H2,(H,16,20)(H,18,19). The van der Waals surface area contributed by atoms with Gasteiger partial charge < -0.3 is 5.32 Å². The molecule has 0 fully saturated rings. The highest BCUT2D eigenvalue weighted by atomic mass is 16.2. The molecular formula is C14H14N4O2. The maximum Gasteiger partial charge on any atom is 0.270 e. The zero-order chi connectivity index (χ0) is 13.9. The Balaban J connectivity index is 1.71. The molecule has 0 saturated carbocycles. The van der Waals surface area contributed by atoms with Crippen molar-refractivity contribution in [2.24, 2.45) is 0 Å².